The van der Waals surface area contributed by atoms with Crippen molar-refractivity contribution in [3.05, 3.63) is 23.2 Å². The summed E-state index contributed by atoms with van der Waals surface area (Å²) in [6, 6.07) is 1.95. The number of furan rings is 1. The van der Waals surface area contributed by atoms with Crippen LogP contribution in [0.4, 0.5) is 0 Å². The third-order valence-electron chi connectivity index (χ3n) is 2.59. The smallest absolute Gasteiger partial charge is 0.307 e. The number of hydrogen-bond donors (Lipinski definition) is 1. The molecule has 0 radical (unpaired) electrons. The van der Waals surface area contributed by atoms with Crippen LogP contribution in [0, 0.1) is 19.8 Å². The molecule has 2 atom stereocenters. The minimum Gasteiger partial charge on any atom is -0.481 e. The molecule has 3 heteroatoms. The van der Waals surface area contributed by atoms with Crippen LogP contribution >= 0.6 is 0 Å². The fourth-order valence-corrected chi connectivity index (χ4v) is 1.83. The van der Waals surface area contributed by atoms with E-state index in [9.17, 15) is 4.79 Å². The third-order valence-corrected chi connectivity index (χ3v) is 2.59. The number of carboxylic acids is 1. The van der Waals surface area contributed by atoms with E-state index >= 15 is 0 Å². The van der Waals surface area contributed by atoms with Crippen LogP contribution < -0.4 is 0 Å². The maximum absolute atomic E-state index is 10.6. The first-order valence-corrected chi connectivity index (χ1v) is 4.39. The summed E-state index contributed by atoms with van der Waals surface area (Å²) >= 11 is 0. The molecule has 2 unspecified atom stereocenters. The normalized spacial score (nSPS) is 26.0. The van der Waals surface area contributed by atoms with Crippen LogP contribution in [-0.4, -0.2) is 11.1 Å². The van der Waals surface area contributed by atoms with Gasteiger partial charge in [0.25, 0.3) is 0 Å². The van der Waals surface area contributed by atoms with Gasteiger partial charge in [-0.1, -0.05) is 0 Å². The second-order valence-corrected chi connectivity index (χ2v) is 3.66. The largest absolute Gasteiger partial charge is 0.481 e. The minimum atomic E-state index is -0.691. The standard InChI is InChI=1S/C10H12O3/c1-5-3-7(6(2)13-5)8-4-9(8)10(11)12/h3,8-9H,4H2,1-2H3,(H,11,12). The molecular weight excluding hydrogens is 168 g/mol. The molecule has 13 heavy (non-hydrogen) atoms. The van der Waals surface area contributed by atoms with E-state index in [0.29, 0.717) is 0 Å². The molecule has 0 aromatic carbocycles. The van der Waals surface area contributed by atoms with E-state index < -0.39 is 5.97 Å². The van der Waals surface area contributed by atoms with Crippen LogP contribution in [0.5, 0.6) is 0 Å². The third kappa shape index (κ3) is 1.34. The molecule has 2 rings (SSSR count). The van der Waals surface area contributed by atoms with Crippen LogP contribution in [0.25, 0.3) is 0 Å². The lowest BCUT2D eigenvalue weighted by molar-refractivity contribution is -0.138. The van der Waals surface area contributed by atoms with E-state index in [1.807, 2.05) is 19.9 Å². The summed E-state index contributed by atoms with van der Waals surface area (Å²) in [6.45, 7) is 3.77. The van der Waals surface area contributed by atoms with Gasteiger partial charge in [-0.25, -0.2) is 0 Å². The molecule has 0 saturated heterocycles. The van der Waals surface area contributed by atoms with Gasteiger partial charge in [0.05, 0.1) is 5.92 Å². The molecule has 1 saturated carbocycles. The lowest BCUT2D eigenvalue weighted by Gasteiger charge is -1.93. The average Bonchev–Trinajstić information content (AvgIpc) is 2.73. The summed E-state index contributed by atoms with van der Waals surface area (Å²) in [5, 5.41) is 8.75. The van der Waals surface area contributed by atoms with Crippen LogP contribution in [0.3, 0.4) is 0 Å². The van der Waals surface area contributed by atoms with E-state index in [1.54, 1.807) is 0 Å². The second kappa shape index (κ2) is 2.62. The maximum atomic E-state index is 10.6. The molecule has 0 aliphatic heterocycles. The first-order chi connectivity index (χ1) is 6.09. The Hall–Kier alpha value is -1.25. The van der Waals surface area contributed by atoms with E-state index in [4.69, 9.17) is 9.52 Å². The van der Waals surface area contributed by atoms with Crippen molar-refractivity contribution in [3.63, 3.8) is 0 Å². The van der Waals surface area contributed by atoms with Gasteiger partial charge in [-0.05, 0) is 31.9 Å². The Labute approximate surface area is 76.4 Å². The zero-order valence-corrected chi connectivity index (χ0v) is 7.70. The summed E-state index contributed by atoms with van der Waals surface area (Å²) in [7, 11) is 0. The predicted molar refractivity (Wildman–Crippen MR) is 46.7 cm³/mol. The van der Waals surface area contributed by atoms with Crippen LogP contribution in [0.15, 0.2) is 10.5 Å². The Morgan fingerprint density at radius 1 is 1.62 bits per heavy atom. The molecule has 0 bridgehead atoms. The van der Waals surface area contributed by atoms with E-state index in [1.165, 1.54) is 0 Å². The minimum absolute atomic E-state index is 0.185. The fourth-order valence-electron chi connectivity index (χ4n) is 1.83. The first kappa shape index (κ1) is 8.35. The Balaban J connectivity index is 2.20. The highest BCUT2D eigenvalue weighted by molar-refractivity contribution is 5.75. The summed E-state index contributed by atoms with van der Waals surface area (Å²) in [4.78, 5) is 10.6. The van der Waals surface area contributed by atoms with E-state index in [0.717, 1.165) is 23.5 Å². The van der Waals surface area contributed by atoms with Crippen molar-refractivity contribution in [3.8, 4) is 0 Å². The van der Waals surface area contributed by atoms with E-state index in [-0.39, 0.29) is 11.8 Å². The molecule has 1 aliphatic carbocycles. The van der Waals surface area contributed by atoms with Crippen molar-refractivity contribution in [1.82, 2.24) is 0 Å². The van der Waals surface area contributed by atoms with Gasteiger partial charge in [-0.2, -0.15) is 0 Å². The molecule has 1 aromatic rings. The lowest BCUT2D eigenvalue weighted by Crippen LogP contribution is -1.98. The number of aliphatic carboxylic acids is 1. The number of carbonyl (C=O) groups is 1. The predicted octanol–water partition coefficient (Wildman–Crippen LogP) is 2.08. The Bertz CT molecular complexity index is 351. The molecule has 3 nitrogen and oxygen atoms in total. The quantitative estimate of drug-likeness (QED) is 0.758. The van der Waals surface area contributed by atoms with Gasteiger partial charge in [0.1, 0.15) is 11.5 Å². The zero-order chi connectivity index (χ0) is 9.59. The monoisotopic (exact) mass is 180 g/mol. The zero-order valence-electron chi connectivity index (χ0n) is 7.70. The highest BCUT2D eigenvalue weighted by Gasteiger charge is 2.45. The fraction of sp³-hybridized carbons (Fsp3) is 0.500. The molecular formula is C10H12O3. The SMILES string of the molecule is Cc1cc(C2CC2C(=O)O)c(C)o1. The first-order valence-electron chi connectivity index (χ1n) is 4.39. The molecule has 1 aliphatic rings. The molecule has 70 valence electrons. The Morgan fingerprint density at radius 2 is 2.31 bits per heavy atom. The van der Waals surface area contributed by atoms with Gasteiger partial charge in [-0.15, -0.1) is 0 Å². The van der Waals surface area contributed by atoms with Crippen molar-refractivity contribution in [1.29, 1.82) is 0 Å². The van der Waals surface area contributed by atoms with Gasteiger partial charge in [0.2, 0.25) is 0 Å². The Kier molecular flexibility index (Phi) is 1.68. The summed E-state index contributed by atoms with van der Waals surface area (Å²) in [6.07, 6.45) is 0.759. The van der Waals surface area contributed by atoms with Crippen LogP contribution in [0.2, 0.25) is 0 Å². The highest BCUT2D eigenvalue weighted by atomic mass is 16.4. The van der Waals surface area contributed by atoms with Crippen molar-refractivity contribution in [2.24, 2.45) is 5.92 Å². The number of aryl methyl sites for hydroxylation is 2. The topological polar surface area (TPSA) is 50.4 Å². The summed E-state index contributed by atoms with van der Waals surface area (Å²) in [5.41, 5.74) is 1.07. The highest BCUT2D eigenvalue weighted by Crippen LogP contribution is 2.49. The summed E-state index contributed by atoms with van der Waals surface area (Å²) in [5.74, 6) is 1.05. The number of rotatable bonds is 2. The maximum Gasteiger partial charge on any atom is 0.307 e. The second-order valence-electron chi connectivity index (χ2n) is 3.66. The molecule has 1 fully saturated rings. The average molecular weight is 180 g/mol. The van der Waals surface area contributed by atoms with Gasteiger partial charge >= 0.3 is 5.97 Å². The molecule has 1 aromatic heterocycles. The van der Waals surface area contributed by atoms with Crippen molar-refractivity contribution >= 4 is 5.97 Å². The van der Waals surface area contributed by atoms with E-state index in [2.05, 4.69) is 0 Å². The molecule has 0 amide bonds. The van der Waals surface area contributed by atoms with Gasteiger partial charge in [0, 0.05) is 5.92 Å². The van der Waals surface area contributed by atoms with Gasteiger partial charge in [-0.3, -0.25) is 4.79 Å². The lowest BCUT2D eigenvalue weighted by atomic mass is 10.1. The van der Waals surface area contributed by atoms with Crippen molar-refractivity contribution in [2.75, 3.05) is 0 Å². The molecule has 1 N–H and O–H groups in total. The van der Waals surface area contributed by atoms with Gasteiger partial charge in [0.15, 0.2) is 0 Å². The van der Waals surface area contributed by atoms with Crippen LogP contribution in [0.1, 0.15) is 29.4 Å². The van der Waals surface area contributed by atoms with Gasteiger partial charge < -0.3 is 9.52 Å². The van der Waals surface area contributed by atoms with Crippen LogP contribution in [-0.2, 0) is 4.79 Å². The summed E-state index contributed by atoms with van der Waals surface area (Å²) < 4.78 is 5.35. The number of hydrogen-bond acceptors (Lipinski definition) is 2. The molecule has 1 heterocycles. The molecule has 0 spiro atoms. The van der Waals surface area contributed by atoms with Crippen molar-refractivity contribution in [2.45, 2.75) is 26.2 Å². The Morgan fingerprint density at radius 3 is 2.69 bits per heavy atom. The number of carboxylic acid groups (broad SMARTS) is 1. The van der Waals surface area contributed by atoms with Crippen molar-refractivity contribution < 1.29 is 14.3 Å².